The van der Waals surface area contributed by atoms with Crippen molar-refractivity contribution in [2.45, 2.75) is 34.6 Å². The molecular formula is C31H30BrN3O5S. The van der Waals surface area contributed by atoms with E-state index >= 15 is 0 Å². The minimum absolute atomic E-state index is 0.179. The normalized spacial score (nSPS) is 14.0. The van der Waals surface area contributed by atoms with Gasteiger partial charge < -0.3 is 15.4 Å². The molecule has 0 spiro atoms. The summed E-state index contributed by atoms with van der Waals surface area (Å²) in [4.78, 5) is 51.7. The lowest BCUT2D eigenvalue weighted by molar-refractivity contribution is -0.127. The number of nitrogens with one attached hydrogen (secondary N) is 2. The van der Waals surface area contributed by atoms with Crippen molar-refractivity contribution in [3.05, 3.63) is 91.3 Å². The first-order valence-corrected chi connectivity index (χ1v) is 14.4. The van der Waals surface area contributed by atoms with Gasteiger partial charge in [0, 0.05) is 10.2 Å². The van der Waals surface area contributed by atoms with Gasteiger partial charge >= 0.3 is 0 Å². The Morgan fingerprint density at radius 2 is 1.51 bits per heavy atom. The van der Waals surface area contributed by atoms with Crippen molar-refractivity contribution < 1.29 is 23.9 Å². The van der Waals surface area contributed by atoms with E-state index in [1.54, 1.807) is 30.3 Å². The Morgan fingerprint density at radius 3 is 2.17 bits per heavy atom. The number of amides is 4. The molecule has 1 saturated heterocycles. The number of imide groups is 1. The van der Waals surface area contributed by atoms with E-state index in [2.05, 4.69) is 26.6 Å². The highest BCUT2D eigenvalue weighted by atomic mass is 79.9. The van der Waals surface area contributed by atoms with Crippen LogP contribution < -0.4 is 15.4 Å². The summed E-state index contributed by atoms with van der Waals surface area (Å²) in [5.74, 6) is -0.799. The van der Waals surface area contributed by atoms with Gasteiger partial charge in [0.05, 0.1) is 10.6 Å². The molecule has 1 fully saturated rings. The third-order valence-electron chi connectivity index (χ3n) is 6.52. The van der Waals surface area contributed by atoms with Crippen LogP contribution >= 0.6 is 27.7 Å². The second kappa shape index (κ2) is 12.7. The molecule has 0 bridgehead atoms. The summed E-state index contributed by atoms with van der Waals surface area (Å²) in [5, 5.41) is 5.15. The lowest BCUT2D eigenvalue weighted by Gasteiger charge is -2.15. The van der Waals surface area contributed by atoms with Crippen molar-refractivity contribution in [1.29, 1.82) is 0 Å². The Morgan fingerprint density at radius 1 is 0.878 bits per heavy atom. The number of hydrogen-bond donors (Lipinski definition) is 2. The lowest BCUT2D eigenvalue weighted by Crippen LogP contribution is -2.36. The fourth-order valence-corrected chi connectivity index (χ4v) is 5.75. The Labute approximate surface area is 251 Å². The number of nitrogens with zero attached hydrogens (tertiary/aromatic N) is 1. The molecule has 0 aliphatic carbocycles. The van der Waals surface area contributed by atoms with Crippen LogP contribution in [0.15, 0.2) is 57.9 Å². The summed E-state index contributed by atoms with van der Waals surface area (Å²) >= 11 is 4.25. The molecule has 10 heteroatoms. The van der Waals surface area contributed by atoms with Gasteiger partial charge in [-0.05, 0) is 120 Å². The van der Waals surface area contributed by atoms with E-state index in [1.165, 1.54) is 0 Å². The predicted molar refractivity (Wildman–Crippen MR) is 166 cm³/mol. The average molecular weight is 637 g/mol. The van der Waals surface area contributed by atoms with Crippen LogP contribution in [0.4, 0.5) is 16.2 Å². The van der Waals surface area contributed by atoms with Crippen molar-refractivity contribution in [3.63, 3.8) is 0 Å². The molecule has 2 N–H and O–H groups in total. The summed E-state index contributed by atoms with van der Waals surface area (Å²) in [5.41, 5.74) is 7.10. The number of rotatable bonds is 8. The Balaban J connectivity index is 1.33. The standard InChI is InChI=1S/C31H30BrN3O5S/c1-17-10-20(4)29(21(5)11-17)34-27(36)15-35-30(38)26(41-31(35)39)14-22-6-8-23(9-7-22)40-16-28(37)33-25-13-19(3)18(2)12-24(25)32/h6-14H,15-16H2,1-5H3,(H,33,37)(H,34,36)/b26-14+. The third kappa shape index (κ3) is 7.45. The van der Waals surface area contributed by atoms with E-state index in [1.807, 2.05) is 58.9 Å². The van der Waals surface area contributed by atoms with E-state index < -0.39 is 17.1 Å². The summed E-state index contributed by atoms with van der Waals surface area (Å²) in [6, 6.07) is 14.6. The topological polar surface area (TPSA) is 105 Å². The van der Waals surface area contributed by atoms with E-state index in [4.69, 9.17) is 4.74 Å². The van der Waals surface area contributed by atoms with Crippen LogP contribution in [0.1, 0.15) is 33.4 Å². The Hall–Kier alpha value is -3.89. The zero-order chi connectivity index (χ0) is 29.8. The quantitative estimate of drug-likeness (QED) is 0.267. The molecule has 212 valence electrons. The Kier molecular flexibility index (Phi) is 9.35. The molecule has 0 unspecified atom stereocenters. The summed E-state index contributed by atoms with van der Waals surface area (Å²) in [7, 11) is 0. The number of hydrogen-bond acceptors (Lipinski definition) is 6. The van der Waals surface area contributed by atoms with Crippen LogP contribution in [-0.4, -0.2) is 41.0 Å². The molecule has 3 aromatic rings. The van der Waals surface area contributed by atoms with Gasteiger partial charge in [-0.15, -0.1) is 0 Å². The SMILES string of the molecule is Cc1cc(C)c(NC(=O)CN2C(=O)S/C(=C/c3ccc(OCC(=O)Nc4cc(C)c(C)cc4Br)cc3)C2=O)c(C)c1. The number of ether oxygens (including phenoxy) is 1. The summed E-state index contributed by atoms with van der Waals surface area (Å²) in [6.07, 6.45) is 1.59. The van der Waals surface area contributed by atoms with Gasteiger partial charge in [0.1, 0.15) is 12.3 Å². The van der Waals surface area contributed by atoms with Gasteiger partial charge in [-0.1, -0.05) is 29.8 Å². The highest BCUT2D eigenvalue weighted by Gasteiger charge is 2.36. The second-order valence-electron chi connectivity index (χ2n) is 9.91. The van der Waals surface area contributed by atoms with Gasteiger partial charge in [0.2, 0.25) is 5.91 Å². The molecule has 0 radical (unpaired) electrons. The largest absolute Gasteiger partial charge is 0.484 e. The zero-order valence-electron chi connectivity index (χ0n) is 23.4. The molecule has 4 rings (SSSR count). The molecule has 0 saturated carbocycles. The lowest BCUT2D eigenvalue weighted by atomic mass is 10.1. The van der Waals surface area contributed by atoms with Gasteiger partial charge in [-0.2, -0.15) is 0 Å². The van der Waals surface area contributed by atoms with Crippen LogP contribution in [0.5, 0.6) is 5.75 Å². The van der Waals surface area contributed by atoms with E-state index in [0.717, 1.165) is 49.0 Å². The first-order valence-electron chi connectivity index (χ1n) is 12.8. The number of carbonyl (C=O) groups excluding carboxylic acids is 4. The van der Waals surface area contributed by atoms with Gasteiger partial charge in [-0.3, -0.25) is 24.1 Å². The summed E-state index contributed by atoms with van der Waals surface area (Å²) < 4.78 is 6.39. The van der Waals surface area contributed by atoms with Crippen molar-refractivity contribution >= 4 is 68.1 Å². The third-order valence-corrected chi connectivity index (χ3v) is 8.09. The minimum Gasteiger partial charge on any atom is -0.484 e. The molecule has 1 aliphatic rings. The number of anilines is 2. The van der Waals surface area contributed by atoms with E-state index in [0.29, 0.717) is 22.7 Å². The molecule has 3 aromatic carbocycles. The zero-order valence-corrected chi connectivity index (χ0v) is 25.8. The molecule has 0 aromatic heterocycles. The first-order chi connectivity index (χ1) is 19.4. The number of aryl methyl sites for hydroxylation is 5. The molecule has 4 amide bonds. The number of thioether (sulfide) groups is 1. The number of benzene rings is 3. The van der Waals surface area contributed by atoms with Crippen molar-refractivity contribution in [2.75, 3.05) is 23.8 Å². The maximum Gasteiger partial charge on any atom is 0.294 e. The molecule has 41 heavy (non-hydrogen) atoms. The van der Waals surface area contributed by atoms with E-state index in [-0.39, 0.29) is 24.0 Å². The number of carbonyl (C=O) groups is 4. The van der Waals surface area contributed by atoms with Crippen molar-refractivity contribution in [2.24, 2.45) is 0 Å². The number of halogens is 1. The van der Waals surface area contributed by atoms with Gasteiger partial charge in [0.15, 0.2) is 6.61 Å². The fraction of sp³-hybridized carbons (Fsp3) is 0.226. The summed E-state index contributed by atoms with van der Waals surface area (Å²) in [6.45, 7) is 9.19. The van der Waals surface area contributed by atoms with Crippen LogP contribution in [0.3, 0.4) is 0 Å². The highest BCUT2D eigenvalue weighted by Crippen LogP contribution is 2.33. The van der Waals surface area contributed by atoms with Crippen LogP contribution in [0, 0.1) is 34.6 Å². The maximum absolute atomic E-state index is 12.9. The van der Waals surface area contributed by atoms with Crippen molar-refractivity contribution in [3.8, 4) is 5.75 Å². The Bertz CT molecular complexity index is 1560. The van der Waals surface area contributed by atoms with Crippen LogP contribution in [0.2, 0.25) is 0 Å². The van der Waals surface area contributed by atoms with Gasteiger partial charge in [0.25, 0.3) is 17.1 Å². The molecule has 1 aliphatic heterocycles. The smallest absolute Gasteiger partial charge is 0.294 e. The first kappa shape index (κ1) is 30.1. The van der Waals surface area contributed by atoms with Crippen LogP contribution in [0.25, 0.3) is 6.08 Å². The molecule has 8 nitrogen and oxygen atoms in total. The van der Waals surface area contributed by atoms with Crippen molar-refractivity contribution in [1.82, 2.24) is 4.90 Å². The second-order valence-corrected chi connectivity index (χ2v) is 11.8. The molecule has 0 atom stereocenters. The maximum atomic E-state index is 12.9. The minimum atomic E-state index is -0.526. The molecule has 1 heterocycles. The molecular weight excluding hydrogens is 606 g/mol. The highest BCUT2D eigenvalue weighted by molar-refractivity contribution is 9.10. The van der Waals surface area contributed by atoms with Gasteiger partial charge in [-0.25, -0.2) is 0 Å². The van der Waals surface area contributed by atoms with E-state index in [9.17, 15) is 19.2 Å². The van der Waals surface area contributed by atoms with Crippen LogP contribution in [-0.2, 0) is 14.4 Å². The monoisotopic (exact) mass is 635 g/mol. The fourth-order valence-electron chi connectivity index (χ4n) is 4.36. The predicted octanol–water partition coefficient (Wildman–Crippen LogP) is 6.68. The average Bonchev–Trinajstić information content (AvgIpc) is 3.16.